The molecule has 0 amide bonds. The molecule has 0 aliphatic heterocycles. The molecule has 3 heteroatoms. The van der Waals surface area contributed by atoms with Crippen LogP contribution in [0, 0.1) is 0 Å². The average Bonchev–Trinajstić information content (AvgIpc) is 2.21. The number of hydrogen-bond donors (Lipinski definition) is 1. The Labute approximate surface area is 93.6 Å². The van der Waals surface area contributed by atoms with Gasteiger partial charge < -0.3 is 10.5 Å². The molecule has 1 atom stereocenters. The van der Waals surface area contributed by atoms with Crippen molar-refractivity contribution in [3.8, 4) is 0 Å². The largest absolute Gasteiger partial charge is 0.381 e. The minimum Gasteiger partial charge on any atom is -0.381 e. The van der Waals surface area contributed by atoms with Crippen molar-refractivity contribution >= 4 is 15.9 Å². The molecule has 2 N–H and O–H groups in total. The summed E-state index contributed by atoms with van der Waals surface area (Å²) in [5.74, 6) is 0.283. The highest BCUT2D eigenvalue weighted by atomic mass is 79.9. The third-order valence-corrected chi connectivity index (χ3v) is 2.87. The van der Waals surface area contributed by atoms with E-state index in [1.165, 1.54) is 5.56 Å². The van der Waals surface area contributed by atoms with E-state index in [1.807, 2.05) is 25.1 Å². The molecule has 0 aliphatic carbocycles. The van der Waals surface area contributed by atoms with Gasteiger partial charge in [-0.3, -0.25) is 0 Å². The van der Waals surface area contributed by atoms with Crippen molar-refractivity contribution in [2.75, 3.05) is 19.8 Å². The highest BCUT2D eigenvalue weighted by Gasteiger charge is 2.11. The first-order valence-electron chi connectivity index (χ1n) is 4.81. The van der Waals surface area contributed by atoms with Crippen molar-refractivity contribution in [1.82, 2.24) is 0 Å². The van der Waals surface area contributed by atoms with E-state index in [9.17, 15) is 0 Å². The average molecular weight is 258 g/mol. The molecule has 1 aromatic rings. The molecule has 0 saturated carbocycles. The zero-order valence-electron chi connectivity index (χ0n) is 8.37. The summed E-state index contributed by atoms with van der Waals surface area (Å²) in [6, 6.07) is 8.14. The summed E-state index contributed by atoms with van der Waals surface area (Å²) in [6.07, 6.45) is 0. The Morgan fingerprint density at radius 3 is 2.71 bits per heavy atom. The van der Waals surface area contributed by atoms with Crippen LogP contribution in [0.2, 0.25) is 0 Å². The van der Waals surface area contributed by atoms with Gasteiger partial charge in [0.1, 0.15) is 0 Å². The van der Waals surface area contributed by atoms with Crippen LogP contribution in [0.5, 0.6) is 0 Å². The van der Waals surface area contributed by atoms with Gasteiger partial charge in [-0.05, 0) is 18.6 Å². The van der Waals surface area contributed by atoms with Crippen LogP contribution >= 0.6 is 15.9 Å². The summed E-state index contributed by atoms with van der Waals surface area (Å²) in [5.41, 5.74) is 6.94. The molecule has 0 spiro atoms. The molecule has 0 radical (unpaired) electrons. The normalized spacial score (nSPS) is 12.8. The smallest absolute Gasteiger partial charge is 0.0547 e. The number of benzene rings is 1. The maximum absolute atomic E-state index is 5.71. The predicted molar refractivity (Wildman–Crippen MR) is 62.4 cm³/mol. The van der Waals surface area contributed by atoms with E-state index in [-0.39, 0.29) is 5.92 Å². The second kappa shape index (κ2) is 6.17. The van der Waals surface area contributed by atoms with Gasteiger partial charge in [-0.25, -0.2) is 0 Å². The van der Waals surface area contributed by atoms with Crippen LogP contribution in [0.1, 0.15) is 18.4 Å². The molecular formula is C11H16BrNO. The lowest BCUT2D eigenvalue weighted by Crippen LogP contribution is -2.18. The second-order valence-corrected chi connectivity index (χ2v) is 3.97. The molecule has 1 aromatic carbocycles. The van der Waals surface area contributed by atoms with E-state index in [0.717, 1.165) is 11.1 Å². The van der Waals surface area contributed by atoms with Crippen molar-refractivity contribution in [3.05, 3.63) is 34.3 Å². The van der Waals surface area contributed by atoms with Gasteiger partial charge in [-0.2, -0.15) is 0 Å². The minimum atomic E-state index is 0.283. The number of hydrogen-bond acceptors (Lipinski definition) is 2. The van der Waals surface area contributed by atoms with Crippen molar-refractivity contribution < 1.29 is 4.74 Å². The van der Waals surface area contributed by atoms with Crippen LogP contribution < -0.4 is 5.73 Å². The Kier molecular flexibility index (Phi) is 5.15. The van der Waals surface area contributed by atoms with Gasteiger partial charge in [-0.15, -0.1) is 0 Å². The predicted octanol–water partition coefficient (Wildman–Crippen LogP) is 2.53. The SMILES string of the molecule is CCOCC(CN)c1ccccc1Br. The Bertz CT molecular complexity index is 278. The molecule has 0 saturated heterocycles. The van der Waals surface area contributed by atoms with E-state index in [1.54, 1.807) is 0 Å². The zero-order chi connectivity index (χ0) is 10.4. The molecule has 0 aromatic heterocycles. The van der Waals surface area contributed by atoms with E-state index >= 15 is 0 Å². The summed E-state index contributed by atoms with van der Waals surface area (Å²) >= 11 is 3.52. The first-order chi connectivity index (χ1) is 6.79. The summed E-state index contributed by atoms with van der Waals surface area (Å²) in [6.45, 7) is 4.03. The summed E-state index contributed by atoms with van der Waals surface area (Å²) < 4.78 is 6.50. The second-order valence-electron chi connectivity index (χ2n) is 3.11. The molecule has 0 fully saturated rings. The van der Waals surface area contributed by atoms with Crippen molar-refractivity contribution in [1.29, 1.82) is 0 Å². The minimum absolute atomic E-state index is 0.283. The molecule has 2 nitrogen and oxygen atoms in total. The van der Waals surface area contributed by atoms with E-state index in [0.29, 0.717) is 13.2 Å². The fourth-order valence-electron chi connectivity index (χ4n) is 1.35. The van der Waals surface area contributed by atoms with Crippen LogP contribution in [0.25, 0.3) is 0 Å². The summed E-state index contributed by atoms with van der Waals surface area (Å²) in [7, 11) is 0. The lowest BCUT2D eigenvalue weighted by Gasteiger charge is -2.16. The Morgan fingerprint density at radius 1 is 1.43 bits per heavy atom. The van der Waals surface area contributed by atoms with Gasteiger partial charge in [0.15, 0.2) is 0 Å². The third-order valence-electron chi connectivity index (χ3n) is 2.15. The summed E-state index contributed by atoms with van der Waals surface area (Å²) in [5, 5.41) is 0. The van der Waals surface area contributed by atoms with Crippen molar-refractivity contribution in [2.45, 2.75) is 12.8 Å². The maximum Gasteiger partial charge on any atom is 0.0547 e. The molecule has 1 rings (SSSR count). The molecule has 14 heavy (non-hydrogen) atoms. The van der Waals surface area contributed by atoms with Gasteiger partial charge >= 0.3 is 0 Å². The van der Waals surface area contributed by atoms with Crippen LogP contribution in [0.4, 0.5) is 0 Å². The van der Waals surface area contributed by atoms with Gasteiger partial charge in [0.05, 0.1) is 6.61 Å². The number of nitrogens with two attached hydrogens (primary N) is 1. The summed E-state index contributed by atoms with van der Waals surface area (Å²) in [4.78, 5) is 0. The van der Waals surface area contributed by atoms with E-state index < -0.39 is 0 Å². The van der Waals surface area contributed by atoms with Crippen LogP contribution in [0.15, 0.2) is 28.7 Å². The zero-order valence-corrected chi connectivity index (χ0v) is 9.96. The van der Waals surface area contributed by atoms with E-state index in [4.69, 9.17) is 10.5 Å². The van der Waals surface area contributed by atoms with Crippen LogP contribution in [-0.2, 0) is 4.74 Å². The maximum atomic E-state index is 5.71. The lowest BCUT2D eigenvalue weighted by molar-refractivity contribution is 0.133. The third kappa shape index (κ3) is 3.08. The number of rotatable bonds is 5. The standard InChI is InChI=1S/C11H16BrNO/c1-2-14-8-9(7-13)10-5-3-4-6-11(10)12/h3-6,9H,2,7-8,13H2,1H3. The molecule has 1 unspecified atom stereocenters. The Hall–Kier alpha value is -0.380. The molecular weight excluding hydrogens is 242 g/mol. The highest BCUT2D eigenvalue weighted by Crippen LogP contribution is 2.24. The molecule has 0 bridgehead atoms. The first-order valence-corrected chi connectivity index (χ1v) is 5.61. The monoisotopic (exact) mass is 257 g/mol. The lowest BCUT2D eigenvalue weighted by atomic mass is 10.0. The first kappa shape index (κ1) is 11.7. The number of halogens is 1. The van der Waals surface area contributed by atoms with Crippen molar-refractivity contribution in [2.24, 2.45) is 5.73 Å². The number of ether oxygens (including phenoxy) is 1. The fraction of sp³-hybridized carbons (Fsp3) is 0.455. The van der Waals surface area contributed by atoms with Gasteiger partial charge in [0.25, 0.3) is 0 Å². The van der Waals surface area contributed by atoms with Crippen LogP contribution in [-0.4, -0.2) is 19.8 Å². The quantitative estimate of drug-likeness (QED) is 0.880. The molecule has 0 heterocycles. The van der Waals surface area contributed by atoms with Gasteiger partial charge in [0.2, 0.25) is 0 Å². The van der Waals surface area contributed by atoms with Crippen LogP contribution in [0.3, 0.4) is 0 Å². The van der Waals surface area contributed by atoms with E-state index in [2.05, 4.69) is 22.0 Å². The molecule has 78 valence electrons. The van der Waals surface area contributed by atoms with Gasteiger partial charge in [-0.1, -0.05) is 34.1 Å². The molecule has 0 aliphatic rings. The van der Waals surface area contributed by atoms with Crippen molar-refractivity contribution in [3.63, 3.8) is 0 Å². The highest BCUT2D eigenvalue weighted by molar-refractivity contribution is 9.10. The topological polar surface area (TPSA) is 35.2 Å². The Balaban J connectivity index is 2.73. The fourth-order valence-corrected chi connectivity index (χ4v) is 1.96. The Morgan fingerprint density at radius 2 is 2.14 bits per heavy atom. The van der Waals surface area contributed by atoms with Gasteiger partial charge in [0, 0.05) is 23.5 Å².